The molecule has 0 aromatic carbocycles. The van der Waals surface area contributed by atoms with Gasteiger partial charge in [0.25, 0.3) is 0 Å². The average Bonchev–Trinajstić information content (AvgIpc) is 3.03. The fourth-order valence-electron chi connectivity index (χ4n) is 2.89. The fraction of sp³-hybridized carbons (Fsp3) is 0.643. The minimum atomic E-state index is 0.902. The lowest BCUT2D eigenvalue weighted by atomic mass is 10.0. The van der Waals surface area contributed by atoms with E-state index in [0.717, 1.165) is 29.7 Å². The van der Waals surface area contributed by atoms with Crippen LogP contribution in [0.1, 0.15) is 44.2 Å². The molecule has 0 atom stereocenters. The maximum Gasteiger partial charge on any atom is 0.193 e. The molecule has 0 saturated heterocycles. The normalized spacial score (nSPS) is 16.9. The molecule has 4 heteroatoms. The largest absolute Gasteiger partial charge is 0.311 e. The SMILES string of the molecule is c1cn2cc(CNCCCC3CCCC3)nc2s1. The molecular weight excluding hydrogens is 242 g/mol. The van der Waals surface area contributed by atoms with Gasteiger partial charge in [-0.3, -0.25) is 4.40 Å². The van der Waals surface area contributed by atoms with E-state index in [-0.39, 0.29) is 0 Å². The molecular formula is C14H21N3S. The van der Waals surface area contributed by atoms with Crippen LogP contribution in [0.2, 0.25) is 0 Å². The summed E-state index contributed by atoms with van der Waals surface area (Å²) in [6, 6.07) is 0. The Morgan fingerprint density at radius 2 is 2.28 bits per heavy atom. The molecule has 0 aliphatic heterocycles. The van der Waals surface area contributed by atoms with Gasteiger partial charge >= 0.3 is 0 Å². The van der Waals surface area contributed by atoms with Gasteiger partial charge in [-0.05, 0) is 25.3 Å². The topological polar surface area (TPSA) is 29.3 Å². The second kappa shape index (κ2) is 5.85. The highest BCUT2D eigenvalue weighted by Crippen LogP contribution is 2.28. The van der Waals surface area contributed by atoms with Crippen molar-refractivity contribution in [1.29, 1.82) is 0 Å². The molecule has 3 nitrogen and oxygen atoms in total. The van der Waals surface area contributed by atoms with Crippen molar-refractivity contribution in [3.8, 4) is 0 Å². The Morgan fingerprint density at radius 3 is 3.11 bits per heavy atom. The first kappa shape index (κ1) is 12.2. The first-order valence-electron chi connectivity index (χ1n) is 7.03. The van der Waals surface area contributed by atoms with E-state index in [4.69, 9.17) is 0 Å². The second-order valence-electron chi connectivity index (χ2n) is 5.29. The molecule has 2 heterocycles. The molecule has 3 rings (SSSR count). The van der Waals surface area contributed by atoms with E-state index in [9.17, 15) is 0 Å². The Bertz CT molecular complexity index is 453. The van der Waals surface area contributed by atoms with Gasteiger partial charge in [-0.25, -0.2) is 4.98 Å². The Balaban J connectivity index is 1.35. The maximum atomic E-state index is 4.57. The molecule has 0 unspecified atom stereocenters. The Labute approximate surface area is 112 Å². The van der Waals surface area contributed by atoms with Crippen molar-refractivity contribution < 1.29 is 0 Å². The predicted molar refractivity (Wildman–Crippen MR) is 76.0 cm³/mol. The summed E-state index contributed by atoms with van der Waals surface area (Å²) in [5.41, 5.74) is 1.16. The molecule has 1 fully saturated rings. The number of nitrogens with zero attached hydrogens (tertiary/aromatic N) is 2. The molecule has 98 valence electrons. The summed E-state index contributed by atoms with van der Waals surface area (Å²) in [4.78, 5) is 5.66. The van der Waals surface area contributed by atoms with E-state index in [0.29, 0.717) is 0 Å². The van der Waals surface area contributed by atoms with Crippen LogP contribution < -0.4 is 5.32 Å². The predicted octanol–water partition coefficient (Wildman–Crippen LogP) is 3.46. The van der Waals surface area contributed by atoms with Gasteiger partial charge in [0.1, 0.15) is 0 Å². The molecule has 0 spiro atoms. The van der Waals surface area contributed by atoms with Crippen molar-refractivity contribution in [1.82, 2.24) is 14.7 Å². The van der Waals surface area contributed by atoms with Gasteiger partial charge in [-0.2, -0.15) is 0 Å². The van der Waals surface area contributed by atoms with Gasteiger partial charge in [0.2, 0.25) is 0 Å². The van der Waals surface area contributed by atoms with Crippen molar-refractivity contribution in [2.24, 2.45) is 5.92 Å². The van der Waals surface area contributed by atoms with Crippen LogP contribution >= 0.6 is 11.3 Å². The number of fused-ring (bicyclic) bond motifs is 1. The van der Waals surface area contributed by atoms with Crippen LogP contribution in [0.3, 0.4) is 0 Å². The molecule has 0 radical (unpaired) electrons. The van der Waals surface area contributed by atoms with Gasteiger partial charge in [0.05, 0.1) is 5.69 Å². The Kier molecular flexibility index (Phi) is 3.96. The summed E-state index contributed by atoms with van der Waals surface area (Å²) in [6.07, 6.45) is 12.8. The van der Waals surface area contributed by atoms with Crippen LogP contribution in [0.25, 0.3) is 4.96 Å². The van der Waals surface area contributed by atoms with E-state index in [2.05, 4.69) is 32.5 Å². The number of nitrogens with one attached hydrogen (secondary N) is 1. The molecule has 1 aliphatic rings. The van der Waals surface area contributed by atoms with E-state index in [1.807, 2.05) is 0 Å². The quantitative estimate of drug-likeness (QED) is 0.809. The fourth-order valence-corrected chi connectivity index (χ4v) is 3.61. The summed E-state index contributed by atoms with van der Waals surface area (Å²) in [5, 5.41) is 5.58. The lowest BCUT2D eigenvalue weighted by molar-refractivity contribution is 0.470. The molecule has 18 heavy (non-hydrogen) atoms. The average molecular weight is 263 g/mol. The van der Waals surface area contributed by atoms with Crippen molar-refractivity contribution in [3.05, 3.63) is 23.5 Å². The highest BCUT2D eigenvalue weighted by Gasteiger charge is 2.13. The zero-order valence-corrected chi connectivity index (χ0v) is 11.6. The van der Waals surface area contributed by atoms with Crippen LogP contribution in [0.15, 0.2) is 17.8 Å². The van der Waals surface area contributed by atoms with Crippen LogP contribution in [0, 0.1) is 5.92 Å². The molecule has 1 aliphatic carbocycles. The third-order valence-electron chi connectivity index (χ3n) is 3.89. The van der Waals surface area contributed by atoms with E-state index >= 15 is 0 Å². The van der Waals surface area contributed by atoms with Gasteiger partial charge < -0.3 is 5.32 Å². The van der Waals surface area contributed by atoms with Gasteiger partial charge in [0, 0.05) is 24.3 Å². The summed E-state index contributed by atoms with van der Waals surface area (Å²) in [5.74, 6) is 1.02. The third kappa shape index (κ3) is 2.93. The Morgan fingerprint density at radius 1 is 1.39 bits per heavy atom. The molecule has 0 amide bonds. The van der Waals surface area contributed by atoms with E-state index in [1.165, 1.54) is 38.5 Å². The summed E-state index contributed by atoms with van der Waals surface area (Å²) < 4.78 is 2.10. The van der Waals surface area contributed by atoms with Crippen molar-refractivity contribution >= 4 is 16.3 Å². The van der Waals surface area contributed by atoms with Gasteiger partial charge in [-0.15, -0.1) is 11.3 Å². The lowest BCUT2D eigenvalue weighted by Gasteiger charge is -2.08. The van der Waals surface area contributed by atoms with Crippen LogP contribution in [-0.2, 0) is 6.54 Å². The smallest absolute Gasteiger partial charge is 0.193 e. The monoisotopic (exact) mass is 263 g/mol. The maximum absolute atomic E-state index is 4.57. The van der Waals surface area contributed by atoms with Crippen molar-refractivity contribution in [2.45, 2.75) is 45.1 Å². The molecule has 2 aromatic rings. The number of imidazole rings is 1. The first-order valence-corrected chi connectivity index (χ1v) is 7.91. The zero-order valence-electron chi connectivity index (χ0n) is 10.8. The van der Waals surface area contributed by atoms with E-state index < -0.39 is 0 Å². The molecule has 1 saturated carbocycles. The third-order valence-corrected chi connectivity index (χ3v) is 4.66. The van der Waals surface area contributed by atoms with Gasteiger partial charge in [0.15, 0.2) is 4.96 Å². The molecule has 2 aromatic heterocycles. The summed E-state index contributed by atoms with van der Waals surface area (Å²) in [6.45, 7) is 2.03. The van der Waals surface area contributed by atoms with Crippen LogP contribution in [0.4, 0.5) is 0 Å². The standard InChI is InChI=1S/C14H21N3S/c1-2-5-12(4-1)6-3-7-15-10-13-11-17-8-9-18-14(17)16-13/h8-9,11-12,15H,1-7,10H2. The Hall–Kier alpha value is -0.870. The zero-order chi connectivity index (χ0) is 12.2. The minimum Gasteiger partial charge on any atom is -0.311 e. The van der Waals surface area contributed by atoms with Crippen LogP contribution in [0.5, 0.6) is 0 Å². The van der Waals surface area contributed by atoms with E-state index in [1.54, 1.807) is 11.3 Å². The first-order chi connectivity index (χ1) is 8.92. The molecule has 0 bridgehead atoms. The lowest BCUT2D eigenvalue weighted by Crippen LogP contribution is -2.15. The van der Waals surface area contributed by atoms with Crippen LogP contribution in [-0.4, -0.2) is 15.9 Å². The number of aromatic nitrogens is 2. The number of rotatable bonds is 6. The highest BCUT2D eigenvalue weighted by molar-refractivity contribution is 7.15. The summed E-state index contributed by atoms with van der Waals surface area (Å²) >= 11 is 1.69. The van der Waals surface area contributed by atoms with Gasteiger partial charge in [-0.1, -0.05) is 25.7 Å². The number of hydrogen-bond acceptors (Lipinski definition) is 3. The highest BCUT2D eigenvalue weighted by atomic mass is 32.1. The number of thiazole rings is 1. The second-order valence-corrected chi connectivity index (χ2v) is 6.17. The molecule has 1 N–H and O–H groups in total. The number of hydrogen-bond donors (Lipinski definition) is 1. The van der Waals surface area contributed by atoms with Crippen molar-refractivity contribution in [3.63, 3.8) is 0 Å². The van der Waals surface area contributed by atoms with Crippen molar-refractivity contribution in [2.75, 3.05) is 6.54 Å². The summed E-state index contributed by atoms with van der Waals surface area (Å²) in [7, 11) is 0. The minimum absolute atomic E-state index is 0.902.